The zero-order valence-corrected chi connectivity index (χ0v) is 13.1. The number of oxazole rings is 1. The van der Waals surface area contributed by atoms with E-state index in [4.69, 9.17) is 33.4 Å². The van der Waals surface area contributed by atoms with Gasteiger partial charge in [0.1, 0.15) is 5.52 Å². The summed E-state index contributed by atoms with van der Waals surface area (Å²) < 4.78 is 6.78. The number of rotatable bonds is 1. The van der Waals surface area contributed by atoms with Crippen LogP contribution < -0.4 is 5.73 Å². The molecule has 0 unspecified atom stereocenters. The minimum Gasteiger partial charge on any atom is -0.436 e. The Morgan fingerprint density at radius 2 is 2.00 bits per heavy atom. The molecule has 0 aliphatic heterocycles. The van der Waals surface area contributed by atoms with E-state index in [1.54, 1.807) is 6.07 Å². The summed E-state index contributed by atoms with van der Waals surface area (Å²) in [5.74, 6) is 0.497. The zero-order valence-electron chi connectivity index (χ0n) is 9.45. The fraction of sp³-hybridized carbons (Fsp3) is 0. The van der Waals surface area contributed by atoms with Crippen LogP contribution in [0.1, 0.15) is 0 Å². The number of nitrogen functional groups attached to an aromatic ring is 1. The van der Waals surface area contributed by atoms with Gasteiger partial charge in [0, 0.05) is 15.2 Å². The average molecular weight is 405 g/mol. The largest absolute Gasteiger partial charge is 0.436 e. The molecule has 3 rings (SSSR count). The second-order valence-electron chi connectivity index (χ2n) is 3.96. The highest BCUT2D eigenvalue weighted by Gasteiger charge is 2.15. The van der Waals surface area contributed by atoms with Gasteiger partial charge in [0.05, 0.1) is 15.7 Å². The van der Waals surface area contributed by atoms with E-state index in [0.29, 0.717) is 32.7 Å². The number of nitrogens with two attached hydrogens (primary N) is 1. The molecule has 0 amide bonds. The molecule has 0 aliphatic carbocycles. The average Bonchev–Trinajstić information content (AvgIpc) is 2.80. The molecule has 3 nitrogen and oxygen atoms in total. The van der Waals surface area contributed by atoms with Crippen molar-refractivity contribution in [2.75, 3.05) is 5.73 Å². The molecule has 3 aromatic rings. The van der Waals surface area contributed by atoms with Gasteiger partial charge in [-0.3, -0.25) is 0 Å². The van der Waals surface area contributed by atoms with Crippen LogP contribution in [0.2, 0.25) is 10.0 Å². The molecular weight excluding hydrogens is 398 g/mol. The normalized spacial score (nSPS) is 11.1. The minimum atomic E-state index is 0.318. The van der Waals surface area contributed by atoms with Gasteiger partial charge in [0.25, 0.3) is 0 Å². The number of benzene rings is 2. The third-order valence-corrected chi connectivity index (χ3v) is 4.05. The summed E-state index contributed by atoms with van der Waals surface area (Å²) in [6, 6.07) is 9.46. The summed E-state index contributed by atoms with van der Waals surface area (Å²) in [4.78, 5) is 4.38. The molecule has 0 saturated heterocycles. The van der Waals surface area contributed by atoms with Crippen molar-refractivity contribution < 1.29 is 4.42 Å². The predicted molar refractivity (Wildman–Crippen MR) is 86.6 cm³/mol. The van der Waals surface area contributed by atoms with E-state index in [0.717, 1.165) is 9.13 Å². The Hall–Kier alpha value is -0.980. The Morgan fingerprint density at radius 1 is 1.21 bits per heavy atom. The third kappa shape index (κ3) is 2.28. The van der Waals surface area contributed by atoms with Gasteiger partial charge in [0.2, 0.25) is 5.89 Å². The molecular formula is C13H7Cl2IN2O. The van der Waals surface area contributed by atoms with E-state index in [9.17, 15) is 0 Å². The van der Waals surface area contributed by atoms with Crippen molar-refractivity contribution in [2.45, 2.75) is 0 Å². The Bertz CT molecular complexity index is 786. The van der Waals surface area contributed by atoms with Gasteiger partial charge in [0.15, 0.2) is 5.58 Å². The quantitative estimate of drug-likeness (QED) is 0.459. The van der Waals surface area contributed by atoms with E-state index in [1.165, 1.54) is 0 Å². The van der Waals surface area contributed by atoms with Crippen LogP contribution in [-0.4, -0.2) is 4.98 Å². The first-order valence-corrected chi connectivity index (χ1v) is 7.19. The van der Waals surface area contributed by atoms with Crippen molar-refractivity contribution >= 4 is 62.6 Å². The Kier molecular flexibility index (Phi) is 3.32. The molecule has 6 heteroatoms. The van der Waals surface area contributed by atoms with Crippen molar-refractivity contribution in [3.05, 3.63) is 43.9 Å². The van der Waals surface area contributed by atoms with Gasteiger partial charge in [-0.05, 0) is 40.8 Å². The van der Waals surface area contributed by atoms with Crippen LogP contribution in [0.3, 0.4) is 0 Å². The molecule has 19 heavy (non-hydrogen) atoms. The summed E-state index contributed by atoms with van der Waals surface area (Å²) >= 11 is 14.3. The van der Waals surface area contributed by atoms with Gasteiger partial charge in [-0.25, -0.2) is 4.98 Å². The van der Waals surface area contributed by atoms with Crippen LogP contribution in [0.25, 0.3) is 22.6 Å². The fourth-order valence-electron chi connectivity index (χ4n) is 1.76. The number of halogens is 3. The number of anilines is 1. The van der Waals surface area contributed by atoms with Crippen LogP contribution >= 0.6 is 45.8 Å². The topological polar surface area (TPSA) is 52.0 Å². The molecule has 0 bridgehead atoms. The number of hydrogen-bond acceptors (Lipinski definition) is 3. The zero-order chi connectivity index (χ0) is 13.6. The molecule has 2 aromatic carbocycles. The maximum atomic E-state index is 6.13. The minimum absolute atomic E-state index is 0.318. The van der Waals surface area contributed by atoms with Gasteiger partial charge in [-0.15, -0.1) is 0 Å². The lowest BCUT2D eigenvalue weighted by atomic mass is 10.2. The van der Waals surface area contributed by atoms with E-state index in [1.807, 2.05) is 24.3 Å². The van der Waals surface area contributed by atoms with Crippen molar-refractivity contribution in [3.8, 4) is 11.5 Å². The summed E-state index contributed by atoms with van der Waals surface area (Å²) in [6.45, 7) is 0. The molecule has 2 N–H and O–H groups in total. The van der Waals surface area contributed by atoms with Crippen LogP contribution in [-0.2, 0) is 0 Å². The molecule has 0 saturated carbocycles. The van der Waals surface area contributed by atoms with E-state index >= 15 is 0 Å². The fourth-order valence-corrected chi connectivity index (χ4v) is 2.78. The highest BCUT2D eigenvalue weighted by Crippen LogP contribution is 2.37. The van der Waals surface area contributed by atoms with Crippen LogP contribution in [0.15, 0.2) is 34.7 Å². The van der Waals surface area contributed by atoms with Crippen molar-refractivity contribution in [1.82, 2.24) is 4.98 Å². The first-order chi connectivity index (χ1) is 9.06. The highest BCUT2D eigenvalue weighted by molar-refractivity contribution is 14.1. The van der Waals surface area contributed by atoms with Crippen LogP contribution in [0.5, 0.6) is 0 Å². The predicted octanol–water partition coefficient (Wildman–Crippen LogP) is 4.99. The first kappa shape index (κ1) is 13.0. The maximum absolute atomic E-state index is 6.13. The molecule has 1 aromatic heterocycles. The lowest BCUT2D eigenvalue weighted by Crippen LogP contribution is -1.88. The summed E-state index contributed by atoms with van der Waals surface area (Å²) in [5.41, 5.74) is 8.03. The standard InChI is InChI=1S/C13H7Cl2IN2O/c14-8-5-9-12(10(15)11(8)17)18-13(19-9)6-2-1-3-7(16)4-6/h1-5H,17H2. The number of nitrogens with zero attached hydrogens (tertiary/aromatic N) is 1. The maximum Gasteiger partial charge on any atom is 0.227 e. The lowest BCUT2D eigenvalue weighted by molar-refractivity contribution is 0.620. The summed E-state index contributed by atoms with van der Waals surface area (Å²) in [5, 5.41) is 0.686. The van der Waals surface area contributed by atoms with E-state index < -0.39 is 0 Å². The van der Waals surface area contributed by atoms with Crippen molar-refractivity contribution in [2.24, 2.45) is 0 Å². The number of aromatic nitrogens is 1. The third-order valence-electron chi connectivity index (χ3n) is 2.68. The Balaban J connectivity index is 2.25. The van der Waals surface area contributed by atoms with Crippen molar-refractivity contribution in [3.63, 3.8) is 0 Å². The smallest absolute Gasteiger partial charge is 0.227 e. The SMILES string of the molecule is Nc1c(Cl)cc2oc(-c3cccc(I)c3)nc2c1Cl. The van der Waals surface area contributed by atoms with Gasteiger partial charge < -0.3 is 10.2 Å². The Morgan fingerprint density at radius 3 is 2.74 bits per heavy atom. The molecule has 0 fully saturated rings. The summed E-state index contributed by atoms with van der Waals surface area (Å²) in [6.07, 6.45) is 0. The second kappa shape index (κ2) is 4.85. The van der Waals surface area contributed by atoms with E-state index in [2.05, 4.69) is 27.6 Å². The van der Waals surface area contributed by atoms with Gasteiger partial charge in [-0.1, -0.05) is 29.3 Å². The molecule has 1 heterocycles. The number of fused-ring (bicyclic) bond motifs is 1. The molecule has 96 valence electrons. The molecule has 0 spiro atoms. The highest BCUT2D eigenvalue weighted by atomic mass is 127. The second-order valence-corrected chi connectivity index (χ2v) is 5.99. The van der Waals surface area contributed by atoms with Crippen molar-refractivity contribution in [1.29, 1.82) is 0 Å². The van der Waals surface area contributed by atoms with Crippen LogP contribution in [0.4, 0.5) is 5.69 Å². The Labute approximate surface area is 132 Å². The lowest BCUT2D eigenvalue weighted by Gasteiger charge is -1.99. The van der Waals surface area contributed by atoms with Gasteiger partial charge >= 0.3 is 0 Å². The monoisotopic (exact) mass is 404 g/mol. The van der Waals surface area contributed by atoms with Crippen LogP contribution in [0, 0.1) is 3.57 Å². The molecule has 0 atom stereocenters. The summed E-state index contributed by atoms with van der Waals surface area (Å²) in [7, 11) is 0. The number of hydrogen-bond donors (Lipinski definition) is 1. The molecule has 0 aliphatic rings. The molecule has 0 radical (unpaired) electrons. The van der Waals surface area contributed by atoms with Gasteiger partial charge in [-0.2, -0.15) is 0 Å². The first-order valence-electron chi connectivity index (χ1n) is 5.36. The van der Waals surface area contributed by atoms with E-state index in [-0.39, 0.29) is 0 Å².